The van der Waals surface area contributed by atoms with Gasteiger partial charge in [-0.1, -0.05) is 54.6 Å². The summed E-state index contributed by atoms with van der Waals surface area (Å²) in [6, 6.07) is 19.5. The molecular formula is C20H21NO4. The maximum Gasteiger partial charge on any atom is 0.328 e. The van der Waals surface area contributed by atoms with Crippen LogP contribution in [0.2, 0.25) is 0 Å². The molecule has 130 valence electrons. The number of hydrogen-bond acceptors (Lipinski definition) is 3. The Morgan fingerprint density at radius 2 is 1.32 bits per heavy atom. The topological polar surface area (TPSA) is 86.6 Å². The summed E-state index contributed by atoms with van der Waals surface area (Å²) >= 11 is 0. The number of likely N-dealkylation sites (N-methyl/N-ethyl adjacent to an activating group) is 1. The largest absolute Gasteiger partial charge is 0.478 e. The van der Waals surface area contributed by atoms with E-state index in [9.17, 15) is 9.59 Å². The Labute approximate surface area is 146 Å². The average molecular weight is 339 g/mol. The Morgan fingerprint density at radius 1 is 0.880 bits per heavy atom. The molecule has 0 saturated heterocycles. The van der Waals surface area contributed by atoms with E-state index < -0.39 is 11.9 Å². The van der Waals surface area contributed by atoms with Crippen molar-refractivity contribution in [3.8, 4) is 0 Å². The number of nitrogens with one attached hydrogen (secondary N) is 1. The molecule has 0 radical (unpaired) electrons. The second-order valence-electron chi connectivity index (χ2n) is 5.83. The monoisotopic (exact) mass is 339 g/mol. The minimum Gasteiger partial charge on any atom is -0.478 e. The van der Waals surface area contributed by atoms with Gasteiger partial charge in [0.25, 0.3) is 0 Å². The van der Waals surface area contributed by atoms with Gasteiger partial charge in [-0.25, -0.2) is 9.59 Å². The van der Waals surface area contributed by atoms with Gasteiger partial charge in [-0.15, -0.1) is 0 Å². The number of rotatable bonds is 4. The zero-order valence-electron chi connectivity index (χ0n) is 14.0. The lowest BCUT2D eigenvalue weighted by atomic mass is 9.87. The van der Waals surface area contributed by atoms with E-state index in [1.54, 1.807) is 0 Å². The number of carboxylic acids is 2. The number of aliphatic carboxylic acids is 2. The third-order valence-corrected chi connectivity index (χ3v) is 4.28. The lowest BCUT2D eigenvalue weighted by Gasteiger charge is -2.29. The summed E-state index contributed by atoms with van der Waals surface area (Å²) in [5.74, 6) is -2.51. The molecule has 3 N–H and O–H groups in total. The molecular weight excluding hydrogens is 318 g/mol. The van der Waals surface area contributed by atoms with Gasteiger partial charge in [0.05, 0.1) is 5.54 Å². The van der Waals surface area contributed by atoms with Crippen LogP contribution in [0.15, 0.2) is 66.7 Å². The molecule has 1 aliphatic carbocycles. The van der Waals surface area contributed by atoms with Crippen molar-refractivity contribution in [3.05, 3.63) is 83.4 Å². The molecule has 5 heteroatoms. The average Bonchev–Trinajstić information content (AvgIpc) is 3.01. The van der Waals surface area contributed by atoms with Crippen molar-refractivity contribution in [2.45, 2.75) is 18.4 Å². The lowest BCUT2D eigenvalue weighted by Crippen LogP contribution is -2.40. The van der Waals surface area contributed by atoms with Gasteiger partial charge >= 0.3 is 11.9 Å². The first-order valence-electron chi connectivity index (χ1n) is 7.92. The first kappa shape index (κ1) is 18.4. The summed E-state index contributed by atoms with van der Waals surface area (Å²) in [6.45, 7) is 0. The minimum absolute atomic E-state index is 0.0882. The van der Waals surface area contributed by atoms with Gasteiger partial charge in [0, 0.05) is 12.2 Å². The number of benzene rings is 2. The molecule has 25 heavy (non-hydrogen) atoms. The molecule has 0 unspecified atom stereocenters. The van der Waals surface area contributed by atoms with Crippen molar-refractivity contribution in [1.82, 2.24) is 5.32 Å². The second-order valence-corrected chi connectivity index (χ2v) is 5.83. The smallest absolute Gasteiger partial charge is 0.328 e. The van der Waals surface area contributed by atoms with Crippen LogP contribution in [-0.2, 0) is 28.0 Å². The summed E-state index contributed by atoms with van der Waals surface area (Å²) < 4.78 is 0. The van der Waals surface area contributed by atoms with Crippen molar-refractivity contribution >= 4 is 11.9 Å². The van der Waals surface area contributed by atoms with Crippen LogP contribution in [0.5, 0.6) is 0 Å². The highest BCUT2D eigenvalue weighted by atomic mass is 16.4. The molecule has 0 saturated carbocycles. The van der Waals surface area contributed by atoms with Crippen LogP contribution >= 0.6 is 0 Å². The third-order valence-electron chi connectivity index (χ3n) is 4.28. The van der Waals surface area contributed by atoms with Gasteiger partial charge in [0.1, 0.15) is 0 Å². The molecule has 3 rings (SSSR count). The number of carbonyl (C=O) groups is 2. The van der Waals surface area contributed by atoms with Crippen LogP contribution in [0.1, 0.15) is 16.7 Å². The Balaban J connectivity index is 0.000000242. The molecule has 0 bridgehead atoms. The van der Waals surface area contributed by atoms with E-state index in [0.717, 1.165) is 12.8 Å². The van der Waals surface area contributed by atoms with E-state index in [1.807, 2.05) is 0 Å². The fourth-order valence-electron chi connectivity index (χ4n) is 3.04. The molecule has 0 amide bonds. The third kappa shape index (κ3) is 4.78. The van der Waals surface area contributed by atoms with E-state index in [1.165, 1.54) is 16.7 Å². The Morgan fingerprint density at radius 3 is 1.72 bits per heavy atom. The van der Waals surface area contributed by atoms with Crippen LogP contribution in [0.3, 0.4) is 0 Å². The van der Waals surface area contributed by atoms with Crippen molar-refractivity contribution in [1.29, 1.82) is 0 Å². The molecule has 2 aromatic rings. The summed E-state index contributed by atoms with van der Waals surface area (Å²) in [4.78, 5) is 19.1. The standard InChI is InChI=1S/C16H17N.C4H4O4/c1-17-16(15-9-3-2-4-10-15)11-13-7-5-6-8-14(13)12-16;5-3(6)1-2-4(7)8/h2-10,17H,11-12H2,1H3;1-2H,(H,5,6)(H,7,8)/b;2-1-. The highest BCUT2D eigenvalue weighted by molar-refractivity contribution is 5.89. The molecule has 0 aliphatic heterocycles. The minimum atomic E-state index is -1.26. The summed E-state index contributed by atoms with van der Waals surface area (Å²) in [6.07, 6.45) is 3.29. The van der Waals surface area contributed by atoms with Gasteiger partial charge < -0.3 is 15.5 Å². The van der Waals surface area contributed by atoms with Gasteiger partial charge in [-0.05, 0) is 36.6 Å². The van der Waals surface area contributed by atoms with Gasteiger partial charge in [-0.2, -0.15) is 0 Å². The maximum atomic E-state index is 9.55. The van der Waals surface area contributed by atoms with Gasteiger partial charge in [-0.3, -0.25) is 0 Å². The van der Waals surface area contributed by atoms with Gasteiger partial charge in [0.2, 0.25) is 0 Å². The molecule has 0 fully saturated rings. The predicted molar refractivity (Wildman–Crippen MR) is 95.4 cm³/mol. The lowest BCUT2D eigenvalue weighted by molar-refractivity contribution is -0.134. The summed E-state index contributed by atoms with van der Waals surface area (Å²) in [5.41, 5.74) is 4.43. The van der Waals surface area contributed by atoms with Gasteiger partial charge in [0.15, 0.2) is 0 Å². The predicted octanol–water partition coefficient (Wildman–Crippen LogP) is 2.61. The first-order valence-corrected chi connectivity index (χ1v) is 7.92. The van der Waals surface area contributed by atoms with Crippen LogP contribution < -0.4 is 5.32 Å². The molecule has 0 atom stereocenters. The normalized spacial score (nSPS) is 14.4. The highest BCUT2D eigenvalue weighted by Gasteiger charge is 2.36. The Bertz CT molecular complexity index is 727. The maximum absolute atomic E-state index is 9.55. The van der Waals surface area contributed by atoms with E-state index >= 15 is 0 Å². The fourth-order valence-corrected chi connectivity index (χ4v) is 3.04. The number of hydrogen-bond donors (Lipinski definition) is 3. The van der Waals surface area contributed by atoms with E-state index in [-0.39, 0.29) is 5.54 Å². The Hall–Kier alpha value is -2.92. The first-order chi connectivity index (χ1) is 12.0. The van der Waals surface area contributed by atoms with E-state index in [2.05, 4.69) is 67.0 Å². The highest BCUT2D eigenvalue weighted by Crippen LogP contribution is 2.37. The quantitative estimate of drug-likeness (QED) is 0.746. The molecule has 2 aromatic carbocycles. The van der Waals surface area contributed by atoms with E-state index in [0.29, 0.717) is 12.2 Å². The van der Waals surface area contributed by atoms with Crippen LogP contribution in [0.25, 0.3) is 0 Å². The molecule has 0 aromatic heterocycles. The summed E-state index contributed by atoms with van der Waals surface area (Å²) in [7, 11) is 2.07. The fraction of sp³-hybridized carbons (Fsp3) is 0.200. The van der Waals surface area contributed by atoms with Crippen LogP contribution in [0, 0.1) is 0 Å². The van der Waals surface area contributed by atoms with Crippen molar-refractivity contribution in [2.75, 3.05) is 7.05 Å². The zero-order chi connectivity index (χ0) is 18.3. The van der Waals surface area contributed by atoms with Crippen LogP contribution in [-0.4, -0.2) is 29.2 Å². The number of fused-ring (bicyclic) bond motifs is 1. The van der Waals surface area contributed by atoms with Crippen molar-refractivity contribution in [2.24, 2.45) is 0 Å². The molecule has 0 heterocycles. The Kier molecular flexibility index (Phi) is 6.08. The zero-order valence-corrected chi connectivity index (χ0v) is 14.0. The molecule has 5 nitrogen and oxygen atoms in total. The SMILES string of the molecule is CNC1(c2ccccc2)Cc2ccccc2C1.O=C(O)/C=C\C(=O)O. The van der Waals surface area contributed by atoms with Crippen molar-refractivity contribution in [3.63, 3.8) is 0 Å². The number of carboxylic acid groups (broad SMARTS) is 2. The summed E-state index contributed by atoms with van der Waals surface area (Å²) in [5, 5.41) is 19.2. The molecule has 0 spiro atoms. The van der Waals surface area contributed by atoms with Crippen LogP contribution in [0.4, 0.5) is 0 Å². The molecule has 1 aliphatic rings. The second kappa shape index (κ2) is 8.26. The van der Waals surface area contributed by atoms with Crippen molar-refractivity contribution < 1.29 is 19.8 Å². The van der Waals surface area contributed by atoms with E-state index in [4.69, 9.17) is 10.2 Å².